The second-order valence-electron chi connectivity index (χ2n) is 6.87. The number of allylic oxidation sites excluding steroid dienone is 2. The fourth-order valence-electron chi connectivity index (χ4n) is 4.05. The van der Waals surface area contributed by atoms with Crippen molar-refractivity contribution < 1.29 is 19.1 Å². The SMILES string of the molecule is CCOc1ccc(Br)cc1[C@@H]1C(C(=O)OC)=C(C)NC2=C1C(=O)c1ccccc12. The molecule has 5 nitrogen and oxygen atoms in total. The molecule has 1 N–H and O–H groups in total. The molecule has 29 heavy (non-hydrogen) atoms. The topological polar surface area (TPSA) is 64.6 Å². The molecule has 6 heteroatoms. The molecule has 4 rings (SSSR count). The molecule has 0 saturated carbocycles. The lowest BCUT2D eigenvalue weighted by atomic mass is 9.79. The Labute approximate surface area is 177 Å². The number of nitrogens with one attached hydrogen (secondary N) is 1. The van der Waals surface area contributed by atoms with E-state index in [4.69, 9.17) is 9.47 Å². The molecule has 0 aromatic heterocycles. The number of halogens is 1. The van der Waals surface area contributed by atoms with Gasteiger partial charge in [-0.2, -0.15) is 0 Å². The number of rotatable bonds is 4. The Kier molecular flexibility index (Phi) is 5.04. The minimum absolute atomic E-state index is 0.0931. The third-order valence-corrected chi connectivity index (χ3v) is 5.73. The highest BCUT2D eigenvalue weighted by Gasteiger charge is 2.43. The predicted molar refractivity (Wildman–Crippen MR) is 114 cm³/mol. The Morgan fingerprint density at radius 1 is 1.17 bits per heavy atom. The van der Waals surface area contributed by atoms with Gasteiger partial charge in [0.1, 0.15) is 5.75 Å². The van der Waals surface area contributed by atoms with Gasteiger partial charge in [-0.05, 0) is 32.0 Å². The molecule has 0 spiro atoms. The van der Waals surface area contributed by atoms with E-state index >= 15 is 0 Å². The monoisotopic (exact) mass is 453 g/mol. The molecule has 1 aliphatic heterocycles. The van der Waals surface area contributed by atoms with Gasteiger partial charge >= 0.3 is 5.97 Å². The smallest absolute Gasteiger partial charge is 0.336 e. The van der Waals surface area contributed by atoms with E-state index in [1.165, 1.54) is 7.11 Å². The number of fused-ring (bicyclic) bond motifs is 2. The number of Topliss-reactive ketones (excluding diaryl/α,β-unsaturated/α-hetero) is 1. The van der Waals surface area contributed by atoms with Crippen molar-refractivity contribution >= 4 is 33.4 Å². The number of benzene rings is 2. The van der Waals surface area contributed by atoms with Gasteiger partial charge in [-0.1, -0.05) is 40.2 Å². The second kappa shape index (κ2) is 7.52. The van der Waals surface area contributed by atoms with Crippen molar-refractivity contribution in [1.82, 2.24) is 5.32 Å². The molecule has 2 aromatic carbocycles. The standard InChI is InChI=1S/C23H20BrNO4/c1-4-29-17-10-9-13(24)11-16(17)19-18(23(27)28-3)12(2)25-21-14-7-5-6-8-15(14)22(26)20(19)21/h5-11,19,25H,4H2,1-3H3/t19-/m1/s1. The summed E-state index contributed by atoms with van der Waals surface area (Å²) in [5.41, 5.74) is 4.56. The predicted octanol–water partition coefficient (Wildman–Crippen LogP) is 4.59. The van der Waals surface area contributed by atoms with Crippen molar-refractivity contribution in [3.05, 3.63) is 80.5 Å². The fraction of sp³-hybridized carbons (Fsp3) is 0.217. The molecule has 2 aromatic rings. The first-order chi connectivity index (χ1) is 14.0. The van der Waals surface area contributed by atoms with Crippen molar-refractivity contribution in [2.75, 3.05) is 13.7 Å². The number of methoxy groups -OCH3 is 1. The molecule has 0 amide bonds. The summed E-state index contributed by atoms with van der Waals surface area (Å²) in [6.07, 6.45) is 0. The summed E-state index contributed by atoms with van der Waals surface area (Å²) in [6.45, 7) is 4.19. The van der Waals surface area contributed by atoms with E-state index in [-0.39, 0.29) is 5.78 Å². The summed E-state index contributed by atoms with van der Waals surface area (Å²) in [4.78, 5) is 26.2. The second-order valence-corrected chi connectivity index (χ2v) is 7.78. The molecule has 148 valence electrons. The van der Waals surface area contributed by atoms with Crippen LogP contribution in [0.5, 0.6) is 5.75 Å². The number of carbonyl (C=O) groups excluding carboxylic acids is 2. The minimum Gasteiger partial charge on any atom is -0.494 e. The van der Waals surface area contributed by atoms with E-state index in [0.29, 0.717) is 34.8 Å². The Bertz CT molecular complexity index is 1100. The van der Waals surface area contributed by atoms with Gasteiger partial charge < -0.3 is 14.8 Å². The highest BCUT2D eigenvalue weighted by atomic mass is 79.9. The zero-order chi connectivity index (χ0) is 20.7. The summed E-state index contributed by atoms with van der Waals surface area (Å²) in [5.74, 6) is -0.535. The van der Waals surface area contributed by atoms with E-state index in [2.05, 4.69) is 21.2 Å². The van der Waals surface area contributed by atoms with Crippen LogP contribution in [0.15, 0.2) is 63.8 Å². The average Bonchev–Trinajstić information content (AvgIpc) is 3.00. The fourth-order valence-corrected chi connectivity index (χ4v) is 4.43. The van der Waals surface area contributed by atoms with Crippen molar-refractivity contribution in [2.45, 2.75) is 19.8 Å². The Morgan fingerprint density at radius 3 is 2.59 bits per heavy atom. The zero-order valence-electron chi connectivity index (χ0n) is 16.3. The van der Waals surface area contributed by atoms with E-state index in [0.717, 1.165) is 21.3 Å². The van der Waals surface area contributed by atoms with Gasteiger partial charge in [-0.25, -0.2) is 4.79 Å². The maximum absolute atomic E-state index is 13.4. The molecule has 1 heterocycles. The Morgan fingerprint density at radius 2 is 1.90 bits per heavy atom. The molecule has 1 atom stereocenters. The van der Waals surface area contributed by atoms with Crippen LogP contribution < -0.4 is 10.1 Å². The van der Waals surface area contributed by atoms with Crippen LogP contribution in [-0.2, 0) is 9.53 Å². The number of esters is 1. The van der Waals surface area contributed by atoms with Crippen LogP contribution in [0, 0.1) is 0 Å². The Balaban J connectivity index is 2.00. The Hall–Kier alpha value is -2.86. The molecule has 2 aliphatic rings. The summed E-state index contributed by atoms with van der Waals surface area (Å²) in [5, 5.41) is 3.28. The lowest BCUT2D eigenvalue weighted by Gasteiger charge is -2.30. The molecule has 0 unspecified atom stereocenters. The lowest BCUT2D eigenvalue weighted by molar-refractivity contribution is -0.136. The third-order valence-electron chi connectivity index (χ3n) is 5.24. The van der Waals surface area contributed by atoms with Gasteiger partial charge in [0.25, 0.3) is 0 Å². The van der Waals surface area contributed by atoms with Crippen LogP contribution in [-0.4, -0.2) is 25.5 Å². The van der Waals surface area contributed by atoms with E-state index < -0.39 is 11.9 Å². The first-order valence-corrected chi connectivity index (χ1v) is 10.1. The van der Waals surface area contributed by atoms with Crippen molar-refractivity contribution in [2.24, 2.45) is 0 Å². The maximum Gasteiger partial charge on any atom is 0.336 e. The molecule has 0 fully saturated rings. The van der Waals surface area contributed by atoms with Gasteiger partial charge in [0.15, 0.2) is 5.78 Å². The average molecular weight is 454 g/mol. The quantitative estimate of drug-likeness (QED) is 0.685. The van der Waals surface area contributed by atoms with Gasteiger partial charge in [0.2, 0.25) is 0 Å². The van der Waals surface area contributed by atoms with Crippen molar-refractivity contribution in [1.29, 1.82) is 0 Å². The van der Waals surface area contributed by atoms with Crippen LogP contribution >= 0.6 is 15.9 Å². The summed E-state index contributed by atoms with van der Waals surface area (Å²) in [7, 11) is 1.35. The number of hydrogen-bond acceptors (Lipinski definition) is 5. The van der Waals surface area contributed by atoms with Gasteiger partial charge in [-0.15, -0.1) is 0 Å². The number of dihydropyridines is 1. The lowest BCUT2D eigenvalue weighted by Crippen LogP contribution is -2.29. The summed E-state index contributed by atoms with van der Waals surface area (Å²) >= 11 is 3.51. The van der Waals surface area contributed by atoms with Crippen LogP contribution in [0.4, 0.5) is 0 Å². The molecular weight excluding hydrogens is 434 g/mol. The highest BCUT2D eigenvalue weighted by molar-refractivity contribution is 9.10. The summed E-state index contributed by atoms with van der Waals surface area (Å²) < 4.78 is 11.8. The van der Waals surface area contributed by atoms with Crippen LogP contribution in [0.1, 0.15) is 41.3 Å². The minimum atomic E-state index is -0.599. The number of ketones is 1. The van der Waals surface area contributed by atoms with Gasteiger partial charge in [0.05, 0.1) is 30.9 Å². The van der Waals surface area contributed by atoms with Crippen molar-refractivity contribution in [3.8, 4) is 5.75 Å². The molecular formula is C23H20BrNO4. The first-order valence-electron chi connectivity index (χ1n) is 9.34. The molecule has 0 saturated heterocycles. The van der Waals surface area contributed by atoms with Crippen LogP contribution in [0.2, 0.25) is 0 Å². The van der Waals surface area contributed by atoms with E-state index in [1.54, 1.807) is 0 Å². The third kappa shape index (κ3) is 3.08. The zero-order valence-corrected chi connectivity index (χ0v) is 17.9. The normalized spacial score (nSPS) is 17.7. The number of ether oxygens (including phenoxy) is 2. The van der Waals surface area contributed by atoms with Gasteiger partial charge in [-0.3, -0.25) is 4.79 Å². The van der Waals surface area contributed by atoms with Gasteiger partial charge in [0, 0.05) is 32.4 Å². The largest absolute Gasteiger partial charge is 0.494 e. The number of carbonyl (C=O) groups is 2. The van der Waals surface area contributed by atoms with E-state index in [1.807, 2.05) is 56.3 Å². The van der Waals surface area contributed by atoms with Crippen LogP contribution in [0.25, 0.3) is 5.70 Å². The first kappa shape index (κ1) is 19.5. The maximum atomic E-state index is 13.4. The molecule has 0 bridgehead atoms. The van der Waals surface area contributed by atoms with Crippen molar-refractivity contribution in [3.63, 3.8) is 0 Å². The molecule has 1 aliphatic carbocycles. The number of hydrogen-bond donors (Lipinski definition) is 1. The highest BCUT2D eigenvalue weighted by Crippen LogP contribution is 2.49. The van der Waals surface area contributed by atoms with E-state index in [9.17, 15) is 9.59 Å². The summed E-state index contributed by atoms with van der Waals surface area (Å²) in [6, 6.07) is 13.1. The molecule has 0 radical (unpaired) electrons. The van der Waals surface area contributed by atoms with Crippen LogP contribution in [0.3, 0.4) is 0 Å².